The standard InChI is InChI=1S/C15H14F3N3O2/c1-21(10-12-9-19-5-6-20-12)14(22)8-11-3-2-4-13(7-11)23-15(16,17)18/h2-7,9H,8,10H2,1H3. The van der Waals surface area contributed by atoms with Crippen LogP contribution < -0.4 is 4.74 Å². The quantitative estimate of drug-likeness (QED) is 0.848. The number of carbonyl (C=O) groups excluding carboxylic acids is 1. The van der Waals surface area contributed by atoms with E-state index in [1.807, 2.05) is 0 Å². The molecule has 0 aliphatic rings. The summed E-state index contributed by atoms with van der Waals surface area (Å²) in [6, 6.07) is 5.36. The van der Waals surface area contributed by atoms with Crippen LogP contribution in [-0.4, -0.2) is 34.2 Å². The second-order valence-electron chi connectivity index (χ2n) is 4.82. The lowest BCUT2D eigenvalue weighted by Gasteiger charge is -2.17. The highest BCUT2D eigenvalue weighted by Crippen LogP contribution is 2.23. The lowest BCUT2D eigenvalue weighted by atomic mass is 10.1. The topological polar surface area (TPSA) is 55.3 Å². The van der Waals surface area contributed by atoms with Crippen LogP contribution in [-0.2, 0) is 17.8 Å². The Hall–Kier alpha value is -2.64. The van der Waals surface area contributed by atoms with Crippen molar-refractivity contribution in [2.45, 2.75) is 19.3 Å². The highest BCUT2D eigenvalue weighted by atomic mass is 19.4. The number of benzene rings is 1. The minimum Gasteiger partial charge on any atom is -0.406 e. The smallest absolute Gasteiger partial charge is 0.406 e. The van der Waals surface area contributed by atoms with Crippen LogP contribution in [0.2, 0.25) is 0 Å². The third-order valence-corrected chi connectivity index (χ3v) is 2.93. The Balaban J connectivity index is 1.98. The summed E-state index contributed by atoms with van der Waals surface area (Å²) in [6.07, 6.45) is -0.206. The number of alkyl halides is 3. The summed E-state index contributed by atoms with van der Waals surface area (Å²) in [5.74, 6) is -0.598. The van der Waals surface area contributed by atoms with E-state index in [4.69, 9.17) is 0 Å². The van der Waals surface area contributed by atoms with E-state index in [9.17, 15) is 18.0 Å². The number of amides is 1. The van der Waals surface area contributed by atoms with Gasteiger partial charge in [-0.25, -0.2) is 0 Å². The van der Waals surface area contributed by atoms with Gasteiger partial charge in [0.05, 0.1) is 24.9 Å². The molecule has 1 aromatic carbocycles. The number of likely N-dealkylation sites (N-methyl/N-ethyl adjacent to an activating group) is 1. The van der Waals surface area contributed by atoms with Crippen molar-refractivity contribution in [1.29, 1.82) is 0 Å². The molecule has 0 saturated heterocycles. The van der Waals surface area contributed by atoms with Crippen molar-refractivity contribution in [2.24, 2.45) is 0 Å². The molecule has 0 aliphatic carbocycles. The maximum Gasteiger partial charge on any atom is 0.573 e. The first kappa shape index (κ1) is 16.7. The number of carbonyl (C=O) groups is 1. The Bertz CT molecular complexity index is 663. The van der Waals surface area contributed by atoms with E-state index in [0.29, 0.717) is 11.3 Å². The van der Waals surface area contributed by atoms with Gasteiger partial charge in [0.15, 0.2) is 0 Å². The Morgan fingerprint density at radius 2 is 2.09 bits per heavy atom. The first-order valence-corrected chi connectivity index (χ1v) is 6.67. The van der Waals surface area contributed by atoms with Crippen molar-refractivity contribution >= 4 is 5.91 Å². The Morgan fingerprint density at radius 3 is 2.74 bits per heavy atom. The number of hydrogen-bond acceptors (Lipinski definition) is 4. The van der Waals surface area contributed by atoms with Crippen LogP contribution in [0.15, 0.2) is 42.9 Å². The number of rotatable bonds is 5. The van der Waals surface area contributed by atoms with Gasteiger partial charge in [-0.1, -0.05) is 12.1 Å². The van der Waals surface area contributed by atoms with Crippen LogP contribution in [0.4, 0.5) is 13.2 Å². The van der Waals surface area contributed by atoms with Gasteiger partial charge in [-0.2, -0.15) is 0 Å². The molecule has 0 N–H and O–H groups in total. The van der Waals surface area contributed by atoms with Gasteiger partial charge in [-0.15, -0.1) is 13.2 Å². The Kier molecular flexibility index (Phi) is 5.15. The molecule has 0 saturated carbocycles. The largest absolute Gasteiger partial charge is 0.573 e. The summed E-state index contributed by atoms with van der Waals surface area (Å²) in [5, 5.41) is 0. The monoisotopic (exact) mass is 325 g/mol. The van der Waals surface area contributed by atoms with Crippen LogP contribution in [0.3, 0.4) is 0 Å². The number of ether oxygens (including phenoxy) is 1. The molecular weight excluding hydrogens is 311 g/mol. The number of aromatic nitrogens is 2. The molecule has 23 heavy (non-hydrogen) atoms. The average Bonchev–Trinajstić information content (AvgIpc) is 2.46. The second-order valence-corrected chi connectivity index (χ2v) is 4.82. The maximum atomic E-state index is 12.2. The predicted molar refractivity (Wildman–Crippen MR) is 75.3 cm³/mol. The zero-order chi connectivity index (χ0) is 16.9. The summed E-state index contributed by atoms with van der Waals surface area (Å²) >= 11 is 0. The van der Waals surface area contributed by atoms with Crippen LogP contribution in [0, 0.1) is 0 Å². The van der Waals surface area contributed by atoms with Crippen molar-refractivity contribution in [3.8, 4) is 5.75 Å². The second kappa shape index (κ2) is 7.08. The molecule has 1 amide bonds. The summed E-state index contributed by atoms with van der Waals surface area (Å²) in [6.45, 7) is 0.269. The van der Waals surface area contributed by atoms with Crippen molar-refractivity contribution in [2.75, 3.05) is 7.05 Å². The minimum atomic E-state index is -4.76. The third-order valence-electron chi connectivity index (χ3n) is 2.93. The maximum absolute atomic E-state index is 12.2. The summed E-state index contributed by atoms with van der Waals surface area (Å²) in [4.78, 5) is 21.5. The predicted octanol–water partition coefficient (Wildman–Crippen LogP) is 2.58. The fourth-order valence-electron chi connectivity index (χ4n) is 1.90. The van der Waals surface area contributed by atoms with Crippen molar-refractivity contribution in [3.63, 3.8) is 0 Å². The van der Waals surface area contributed by atoms with Gasteiger partial charge < -0.3 is 9.64 Å². The van der Waals surface area contributed by atoms with Crippen LogP contribution >= 0.6 is 0 Å². The van der Waals surface area contributed by atoms with E-state index in [1.165, 1.54) is 35.5 Å². The molecule has 5 nitrogen and oxygen atoms in total. The van der Waals surface area contributed by atoms with Crippen LogP contribution in [0.1, 0.15) is 11.3 Å². The van der Waals surface area contributed by atoms with Gasteiger partial charge in [0.25, 0.3) is 0 Å². The number of hydrogen-bond donors (Lipinski definition) is 0. The molecule has 0 atom stereocenters. The van der Waals surface area contributed by atoms with Gasteiger partial charge in [0.1, 0.15) is 5.75 Å². The van der Waals surface area contributed by atoms with E-state index in [2.05, 4.69) is 14.7 Å². The SMILES string of the molecule is CN(Cc1cnccn1)C(=O)Cc1cccc(OC(F)(F)F)c1. The average molecular weight is 325 g/mol. The molecule has 122 valence electrons. The molecule has 0 spiro atoms. The first-order valence-electron chi connectivity index (χ1n) is 6.67. The molecule has 0 unspecified atom stereocenters. The molecule has 0 radical (unpaired) electrons. The van der Waals surface area contributed by atoms with Crippen molar-refractivity contribution < 1.29 is 22.7 Å². The zero-order valence-electron chi connectivity index (χ0n) is 12.2. The van der Waals surface area contributed by atoms with Crippen LogP contribution in [0.5, 0.6) is 5.75 Å². The van der Waals surface area contributed by atoms with Crippen molar-refractivity contribution in [1.82, 2.24) is 14.9 Å². The molecule has 0 aliphatic heterocycles. The van der Waals surface area contributed by atoms with Gasteiger partial charge >= 0.3 is 6.36 Å². The lowest BCUT2D eigenvalue weighted by molar-refractivity contribution is -0.274. The molecule has 0 fully saturated rings. The number of nitrogens with zero attached hydrogens (tertiary/aromatic N) is 3. The lowest BCUT2D eigenvalue weighted by Crippen LogP contribution is -2.28. The van der Waals surface area contributed by atoms with E-state index >= 15 is 0 Å². The number of halogens is 3. The van der Waals surface area contributed by atoms with Crippen molar-refractivity contribution in [3.05, 3.63) is 54.1 Å². The van der Waals surface area contributed by atoms with E-state index in [-0.39, 0.29) is 24.6 Å². The molecule has 2 aromatic rings. The van der Waals surface area contributed by atoms with E-state index in [1.54, 1.807) is 19.3 Å². The summed E-state index contributed by atoms with van der Waals surface area (Å²) in [5.41, 5.74) is 1.06. The normalized spacial score (nSPS) is 11.1. The van der Waals surface area contributed by atoms with Gasteiger partial charge in [-0.05, 0) is 17.7 Å². The molecule has 1 heterocycles. The first-order chi connectivity index (χ1) is 10.8. The molecule has 1 aromatic heterocycles. The highest BCUT2D eigenvalue weighted by molar-refractivity contribution is 5.78. The summed E-state index contributed by atoms with van der Waals surface area (Å²) in [7, 11) is 1.59. The minimum absolute atomic E-state index is 0.0359. The molecular formula is C15H14F3N3O2. The molecule has 8 heteroatoms. The fraction of sp³-hybridized carbons (Fsp3) is 0.267. The van der Waals surface area contributed by atoms with Gasteiger partial charge in [0.2, 0.25) is 5.91 Å². The summed E-state index contributed by atoms with van der Waals surface area (Å²) < 4.78 is 40.4. The molecule has 2 rings (SSSR count). The van der Waals surface area contributed by atoms with Gasteiger partial charge in [0, 0.05) is 19.4 Å². The zero-order valence-corrected chi connectivity index (χ0v) is 12.2. The van der Waals surface area contributed by atoms with Crippen LogP contribution in [0.25, 0.3) is 0 Å². The fourth-order valence-corrected chi connectivity index (χ4v) is 1.90. The highest BCUT2D eigenvalue weighted by Gasteiger charge is 2.31. The van der Waals surface area contributed by atoms with E-state index < -0.39 is 6.36 Å². The Labute approximate surface area is 130 Å². The third kappa shape index (κ3) is 5.57. The molecule has 0 bridgehead atoms. The Morgan fingerprint density at radius 1 is 1.30 bits per heavy atom. The van der Waals surface area contributed by atoms with Gasteiger partial charge in [-0.3, -0.25) is 14.8 Å². The van der Waals surface area contributed by atoms with E-state index in [0.717, 1.165) is 0 Å².